The van der Waals surface area contributed by atoms with Crippen LogP contribution in [0.15, 0.2) is 28.7 Å². The molecule has 3 heteroatoms. The molecule has 0 aliphatic carbocycles. The van der Waals surface area contributed by atoms with Gasteiger partial charge in [-0.05, 0) is 37.0 Å². The maximum Gasteiger partial charge on any atom is 0.213 e. The van der Waals surface area contributed by atoms with Gasteiger partial charge in [0.1, 0.15) is 5.76 Å². The van der Waals surface area contributed by atoms with Crippen molar-refractivity contribution >= 4 is 5.69 Å². The van der Waals surface area contributed by atoms with Gasteiger partial charge in [-0.1, -0.05) is 32.9 Å². The second-order valence-electron chi connectivity index (χ2n) is 5.93. The number of aromatic nitrogens is 1. The summed E-state index contributed by atoms with van der Waals surface area (Å²) in [6.45, 7) is 11.2. The van der Waals surface area contributed by atoms with Crippen molar-refractivity contribution in [1.29, 1.82) is 0 Å². The van der Waals surface area contributed by atoms with Crippen LogP contribution in [0.1, 0.15) is 43.7 Å². The summed E-state index contributed by atoms with van der Waals surface area (Å²) < 4.78 is 5.54. The van der Waals surface area contributed by atoms with Crippen molar-refractivity contribution in [2.75, 3.05) is 5.32 Å². The molecule has 1 aromatic heterocycles. The molecule has 0 aliphatic rings. The van der Waals surface area contributed by atoms with E-state index in [-0.39, 0.29) is 5.41 Å². The Kier molecular flexibility index (Phi) is 3.65. The molecule has 0 saturated carbocycles. The molecule has 0 unspecified atom stereocenters. The van der Waals surface area contributed by atoms with Crippen LogP contribution in [-0.2, 0) is 12.0 Å². The van der Waals surface area contributed by atoms with Crippen LogP contribution in [0.4, 0.5) is 5.69 Å². The number of hydrogen-bond acceptors (Lipinski definition) is 3. The van der Waals surface area contributed by atoms with Gasteiger partial charge in [-0.15, -0.1) is 0 Å². The summed E-state index contributed by atoms with van der Waals surface area (Å²) in [6.07, 6.45) is 0. The average Bonchev–Trinajstić information content (AvgIpc) is 2.66. The molecule has 0 saturated heterocycles. The van der Waals surface area contributed by atoms with Crippen LogP contribution in [-0.4, -0.2) is 4.98 Å². The van der Waals surface area contributed by atoms with Crippen molar-refractivity contribution in [3.63, 3.8) is 0 Å². The number of nitrogens with zero attached hydrogens (tertiary/aromatic N) is 1. The van der Waals surface area contributed by atoms with E-state index in [2.05, 4.69) is 55.3 Å². The summed E-state index contributed by atoms with van der Waals surface area (Å²) in [4.78, 5) is 4.35. The molecule has 0 atom stereocenters. The van der Waals surface area contributed by atoms with E-state index in [0.29, 0.717) is 6.54 Å². The van der Waals surface area contributed by atoms with Gasteiger partial charge >= 0.3 is 0 Å². The van der Waals surface area contributed by atoms with Crippen LogP contribution in [0, 0.1) is 13.8 Å². The van der Waals surface area contributed by atoms with Crippen LogP contribution >= 0.6 is 0 Å². The van der Waals surface area contributed by atoms with Gasteiger partial charge in [-0.3, -0.25) is 0 Å². The molecule has 2 aromatic rings. The maximum absolute atomic E-state index is 5.54. The van der Waals surface area contributed by atoms with E-state index in [1.165, 1.54) is 5.56 Å². The molecule has 1 heterocycles. The minimum atomic E-state index is 0.190. The van der Waals surface area contributed by atoms with Crippen molar-refractivity contribution in [3.05, 3.63) is 47.2 Å². The van der Waals surface area contributed by atoms with E-state index >= 15 is 0 Å². The fraction of sp³-hybridized carbons (Fsp3) is 0.438. The molecule has 0 fully saturated rings. The number of nitrogens with one attached hydrogen (secondary N) is 1. The molecule has 0 amide bonds. The third-order valence-corrected chi connectivity index (χ3v) is 3.27. The van der Waals surface area contributed by atoms with Gasteiger partial charge in [0.05, 0.1) is 12.2 Å². The van der Waals surface area contributed by atoms with E-state index < -0.39 is 0 Å². The molecule has 2 rings (SSSR count). The minimum Gasteiger partial charge on any atom is -0.444 e. The SMILES string of the molecule is Cc1nc(CNc2ccc(C(C)(C)C)cc2)oc1C. The maximum atomic E-state index is 5.54. The third kappa shape index (κ3) is 3.37. The quantitative estimate of drug-likeness (QED) is 0.896. The molecule has 19 heavy (non-hydrogen) atoms. The van der Waals surface area contributed by atoms with Crippen molar-refractivity contribution in [2.45, 2.75) is 46.6 Å². The lowest BCUT2D eigenvalue weighted by atomic mass is 9.87. The Morgan fingerprint density at radius 3 is 2.21 bits per heavy atom. The van der Waals surface area contributed by atoms with Gasteiger partial charge < -0.3 is 9.73 Å². The number of benzene rings is 1. The second kappa shape index (κ2) is 5.08. The van der Waals surface area contributed by atoms with E-state index in [1.54, 1.807) is 0 Å². The predicted octanol–water partition coefficient (Wildman–Crippen LogP) is 4.20. The lowest BCUT2D eigenvalue weighted by Gasteiger charge is -2.19. The molecule has 3 nitrogen and oxygen atoms in total. The molecule has 102 valence electrons. The number of rotatable bonds is 3. The standard InChI is InChI=1S/C16H22N2O/c1-11-12(2)19-15(18-11)10-17-14-8-6-13(7-9-14)16(3,4)5/h6-9,17H,10H2,1-5H3. The number of hydrogen-bond donors (Lipinski definition) is 1. The largest absolute Gasteiger partial charge is 0.444 e. The fourth-order valence-electron chi connectivity index (χ4n) is 1.88. The van der Waals surface area contributed by atoms with E-state index in [9.17, 15) is 0 Å². The molecule has 1 aromatic carbocycles. The summed E-state index contributed by atoms with van der Waals surface area (Å²) in [5.74, 6) is 1.62. The highest BCUT2D eigenvalue weighted by atomic mass is 16.4. The Bertz CT molecular complexity index is 528. The highest BCUT2D eigenvalue weighted by molar-refractivity contribution is 5.45. The van der Waals surface area contributed by atoms with Crippen LogP contribution in [0.5, 0.6) is 0 Å². The summed E-state index contributed by atoms with van der Waals surface area (Å²) in [7, 11) is 0. The van der Waals surface area contributed by atoms with Gasteiger partial charge in [-0.25, -0.2) is 4.98 Å². The van der Waals surface area contributed by atoms with Gasteiger partial charge in [0, 0.05) is 5.69 Å². The molecule has 1 N–H and O–H groups in total. The van der Waals surface area contributed by atoms with Gasteiger partial charge in [-0.2, -0.15) is 0 Å². The molecule has 0 radical (unpaired) electrons. The Balaban J connectivity index is 2.00. The zero-order valence-corrected chi connectivity index (χ0v) is 12.4. The molecular formula is C16H22N2O. The molecule has 0 bridgehead atoms. The van der Waals surface area contributed by atoms with Gasteiger partial charge in [0.2, 0.25) is 5.89 Å². The third-order valence-electron chi connectivity index (χ3n) is 3.27. The average molecular weight is 258 g/mol. The molecule has 0 spiro atoms. The lowest BCUT2D eigenvalue weighted by Crippen LogP contribution is -2.10. The minimum absolute atomic E-state index is 0.190. The van der Waals surface area contributed by atoms with Crippen LogP contribution in [0.2, 0.25) is 0 Å². The van der Waals surface area contributed by atoms with E-state index in [0.717, 1.165) is 23.0 Å². The summed E-state index contributed by atoms with van der Waals surface area (Å²) >= 11 is 0. The molecule has 0 aliphatic heterocycles. The summed E-state index contributed by atoms with van der Waals surface area (Å²) in [5, 5.41) is 3.32. The zero-order valence-electron chi connectivity index (χ0n) is 12.4. The van der Waals surface area contributed by atoms with Crippen molar-refractivity contribution in [2.24, 2.45) is 0 Å². The van der Waals surface area contributed by atoms with Crippen molar-refractivity contribution < 1.29 is 4.42 Å². The highest BCUT2D eigenvalue weighted by Crippen LogP contribution is 2.23. The van der Waals surface area contributed by atoms with E-state index in [1.807, 2.05) is 13.8 Å². The van der Waals surface area contributed by atoms with Crippen molar-refractivity contribution in [1.82, 2.24) is 4.98 Å². The Morgan fingerprint density at radius 2 is 1.74 bits per heavy atom. The van der Waals surface area contributed by atoms with E-state index in [4.69, 9.17) is 4.42 Å². The monoisotopic (exact) mass is 258 g/mol. The molecular weight excluding hydrogens is 236 g/mol. The first-order valence-electron chi connectivity index (χ1n) is 6.63. The van der Waals surface area contributed by atoms with Crippen LogP contribution in [0.3, 0.4) is 0 Å². The Hall–Kier alpha value is -1.77. The first kappa shape index (κ1) is 13.7. The van der Waals surface area contributed by atoms with Crippen LogP contribution in [0.25, 0.3) is 0 Å². The van der Waals surface area contributed by atoms with Crippen LogP contribution < -0.4 is 5.32 Å². The normalized spacial score (nSPS) is 11.6. The number of aryl methyl sites for hydroxylation is 2. The van der Waals surface area contributed by atoms with Gasteiger partial charge in [0.15, 0.2) is 0 Å². The number of anilines is 1. The fourth-order valence-corrected chi connectivity index (χ4v) is 1.88. The smallest absolute Gasteiger partial charge is 0.213 e. The second-order valence-corrected chi connectivity index (χ2v) is 5.93. The summed E-state index contributed by atoms with van der Waals surface area (Å²) in [5.41, 5.74) is 3.57. The zero-order chi connectivity index (χ0) is 14.0. The Labute approximate surface area is 115 Å². The highest BCUT2D eigenvalue weighted by Gasteiger charge is 2.12. The van der Waals surface area contributed by atoms with Crippen molar-refractivity contribution in [3.8, 4) is 0 Å². The number of oxazole rings is 1. The summed E-state index contributed by atoms with van der Waals surface area (Å²) in [6, 6.07) is 8.52. The predicted molar refractivity (Wildman–Crippen MR) is 78.4 cm³/mol. The lowest BCUT2D eigenvalue weighted by molar-refractivity contribution is 0.478. The topological polar surface area (TPSA) is 38.1 Å². The first-order chi connectivity index (χ1) is 8.86. The Morgan fingerprint density at radius 1 is 1.11 bits per heavy atom. The first-order valence-corrected chi connectivity index (χ1v) is 6.63. The van der Waals surface area contributed by atoms with Gasteiger partial charge in [0.25, 0.3) is 0 Å².